The van der Waals surface area contributed by atoms with Crippen LogP contribution in [-0.4, -0.2) is 16.1 Å². The second kappa shape index (κ2) is 6.66. The van der Waals surface area contributed by atoms with E-state index in [1.807, 2.05) is 24.3 Å². The van der Waals surface area contributed by atoms with Crippen molar-refractivity contribution >= 4 is 10.9 Å². The van der Waals surface area contributed by atoms with E-state index >= 15 is 0 Å². The highest BCUT2D eigenvalue weighted by molar-refractivity contribution is 5.77. The summed E-state index contributed by atoms with van der Waals surface area (Å²) < 4.78 is 1.68. The molecule has 2 aromatic rings. The fourth-order valence-corrected chi connectivity index (χ4v) is 2.42. The van der Waals surface area contributed by atoms with Gasteiger partial charge in [-0.3, -0.25) is 9.36 Å². The van der Waals surface area contributed by atoms with Crippen LogP contribution in [0.15, 0.2) is 29.1 Å². The molecule has 0 spiro atoms. The highest BCUT2D eigenvalue weighted by Crippen LogP contribution is 2.16. The number of fused-ring (bicyclic) bond motifs is 1. The highest BCUT2D eigenvalue weighted by Gasteiger charge is 2.15. The lowest BCUT2D eigenvalue weighted by atomic mass is 10.1. The third-order valence-corrected chi connectivity index (χ3v) is 3.66. The molecule has 1 unspecified atom stereocenters. The molecule has 108 valence electrons. The molecule has 1 N–H and O–H groups in total. The van der Waals surface area contributed by atoms with Crippen molar-refractivity contribution in [3.8, 4) is 0 Å². The predicted molar refractivity (Wildman–Crippen MR) is 82.9 cm³/mol. The van der Waals surface area contributed by atoms with Crippen LogP contribution in [0.2, 0.25) is 0 Å². The van der Waals surface area contributed by atoms with Crippen LogP contribution in [0.4, 0.5) is 0 Å². The molecule has 1 aromatic carbocycles. The first-order chi connectivity index (χ1) is 9.69. The Morgan fingerprint density at radius 3 is 2.75 bits per heavy atom. The molecule has 1 atom stereocenters. The average molecular weight is 273 g/mol. The number of para-hydroxylation sites is 1. The van der Waals surface area contributed by atoms with Gasteiger partial charge in [-0.2, -0.15) is 0 Å². The first-order valence-electron chi connectivity index (χ1n) is 7.38. The third kappa shape index (κ3) is 2.90. The van der Waals surface area contributed by atoms with Crippen LogP contribution in [0.3, 0.4) is 0 Å². The van der Waals surface area contributed by atoms with E-state index in [0.717, 1.165) is 37.1 Å². The second-order valence-corrected chi connectivity index (χ2v) is 5.12. The fraction of sp³-hybridized carbons (Fsp3) is 0.500. The molecule has 0 saturated heterocycles. The van der Waals surface area contributed by atoms with Gasteiger partial charge in [-0.1, -0.05) is 32.4 Å². The lowest BCUT2D eigenvalue weighted by Crippen LogP contribution is -2.31. The molecule has 0 aliphatic carbocycles. The number of aromatic nitrogens is 2. The Kier molecular flexibility index (Phi) is 4.90. The second-order valence-electron chi connectivity index (χ2n) is 5.12. The van der Waals surface area contributed by atoms with Gasteiger partial charge in [0.2, 0.25) is 0 Å². The number of nitrogens with zero attached hydrogens (tertiary/aromatic N) is 2. The molecule has 4 heteroatoms. The Bertz CT molecular complexity index is 633. The van der Waals surface area contributed by atoms with Crippen molar-refractivity contribution in [3.63, 3.8) is 0 Å². The number of benzene rings is 1. The van der Waals surface area contributed by atoms with Crippen molar-refractivity contribution < 1.29 is 0 Å². The van der Waals surface area contributed by atoms with Gasteiger partial charge in [-0.05, 0) is 31.5 Å². The minimum atomic E-state index is 0.0290. The smallest absolute Gasteiger partial charge is 0.261 e. The molecule has 0 saturated carbocycles. The average Bonchev–Trinajstić information content (AvgIpc) is 2.48. The van der Waals surface area contributed by atoms with E-state index in [9.17, 15) is 4.79 Å². The third-order valence-electron chi connectivity index (χ3n) is 3.66. The zero-order valence-electron chi connectivity index (χ0n) is 12.5. The molecule has 20 heavy (non-hydrogen) atoms. The van der Waals surface area contributed by atoms with E-state index in [4.69, 9.17) is 0 Å². The summed E-state index contributed by atoms with van der Waals surface area (Å²) in [5.74, 6) is 0.826. The molecule has 1 heterocycles. The number of rotatable bonds is 6. The monoisotopic (exact) mass is 273 g/mol. The molecular formula is C16H23N3O. The first kappa shape index (κ1) is 14.7. The van der Waals surface area contributed by atoms with Crippen LogP contribution in [0.1, 0.15) is 45.0 Å². The van der Waals surface area contributed by atoms with Crippen molar-refractivity contribution in [2.24, 2.45) is 7.05 Å². The Labute approximate surface area is 119 Å². The molecule has 0 fully saturated rings. The highest BCUT2D eigenvalue weighted by atomic mass is 16.1. The quantitative estimate of drug-likeness (QED) is 0.823. The zero-order valence-corrected chi connectivity index (χ0v) is 12.5. The van der Waals surface area contributed by atoms with Gasteiger partial charge in [0.05, 0.1) is 16.9 Å². The maximum Gasteiger partial charge on any atom is 0.261 e. The topological polar surface area (TPSA) is 46.9 Å². The van der Waals surface area contributed by atoms with Gasteiger partial charge in [-0.25, -0.2) is 4.98 Å². The lowest BCUT2D eigenvalue weighted by molar-refractivity contribution is 0.468. The van der Waals surface area contributed by atoms with E-state index in [2.05, 4.69) is 24.1 Å². The Morgan fingerprint density at radius 1 is 1.30 bits per heavy atom. The first-order valence-corrected chi connectivity index (χ1v) is 7.38. The Hall–Kier alpha value is -1.68. The maximum absolute atomic E-state index is 12.4. The largest absolute Gasteiger partial charge is 0.307 e. The van der Waals surface area contributed by atoms with E-state index < -0.39 is 0 Å². The molecule has 4 nitrogen and oxygen atoms in total. The lowest BCUT2D eigenvalue weighted by Gasteiger charge is -2.19. The summed E-state index contributed by atoms with van der Waals surface area (Å²) in [6, 6.07) is 7.66. The minimum Gasteiger partial charge on any atom is -0.307 e. The Balaban J connectivity index is 2.42. The van der Waals surface area contributed by atoms with E-state index in [1.54, 1.807) is 11.6 Å². The molecule has 0 amide bonds. The summed E-state index contributed by atoms with van der Waals surface area (Å²) in [6.45, 7) is 5.25. The predicted octanol–water partition coefficient (Wildman–Crippen LogP) is 2.77. The number of hydrogen-bond donors (Lipinski definition) is 1. The Morgan fingerprint density at radius 2 is 2.05 bits per heavy atom. The fourth-order valence-electron chi connectivity index (χ4n) is 2.42. The molecular weight excluding hydrogens is 250 g/mol. The summed E-state index contributed by atoms with van der Waals surface area (Å²) in [7, 11) is 1.81. The van der Waals surface area contributed by atoms with Crippen molar-refractivity contribution in [2.75, 3.05) is 6.54 Å². The number of nitrogens with one attached hydrogen (secondary N) is 1. The molecule has 1 aromatic heterocycles. The van der Waals surface area contributed by atoms with Crippen molar-refractivity contribution in [2.45, 2.75) is 39.2 Å². The van der Waals surface area contributed by atoms with E-state index in [0.29, 0.717) is 5.39 Å². The maximum atomic E-state index is 12.4. The summed E-state index contributed by atoms with van der Waals surface area (Å²) in [4.78, 5) is 17.1. The number of hydrogen-bond acceptors (Lipinski definition) is 3. The molecule has 0 radical (unpaired) electrons. The molecule has 2 rings (SSSR count). The van der Waals surface area contributed by atoms with Crippen LogP contribution in [0.5, 0.6) is 0 Å². The van der Waals surface area contributed by atoms with Crippen molar-refractivity contribution in [1.82, 2.24) is 14.9 Å². The van der Waals surface area contributed by atoms with E-state index in [1.165, 1.54) is 0 Å². The SMILES string of the molecule is CCCCNC(CC)c1nc2ccccc2c(=O)n1C. The normalized spacial score (nSPS) is 12.8. The van der Waals surface area contributed by atoms with Crippen LogP contribution in [0.25, 0.3) is 10.9 Å². The zero-order chi connectivity index (χ0) is 14.5. The van der Waals surface area contributed by atoms with Gasteiger partial charge in [0, 0.05) is 7.05 Å². The summed E-state index contributed by atoms with van der Waals surface area (Å²) in [5.41, 5.74) is 0.808. The molecule has 0 bridgehead atoms. The van der Waals surface area contributed by atoms with E-state index in [-0.39, 0.29) is 11.6 Å². The van der Waals surface area contributed by atoms with Gasteiger partial charge in [0.15, 0.2) is 0 Å². The molecule has 0 aliphatic heterocycles. The minimum absolute atomic E-state index is 0.0290. The van der Waals surface area contributed by atoms with Gasteiger partial charge in [0.25, 0.3) is 5.56 Å². The summed E-state index contributed by atoms with van der Waals surface area (Å²) >= 11 is 0. The van der Waals surface area contributed by atoms with Crippen LogP contribution < -0.4 is 10.9 Å². The van der Waals surface area contributed by atoms with Gasteiger partial charge in [0.1, 0.15) is 5.82 Å². The van der Waals surface area contributed by atoms with Crippen LogP contribution in [-0.2, 0) is 7.05 Å². The van der Waals surface area contributed by atoms with Crippen molar-refractivity contribution in [1.29, 1.82) is 0 Å². The standard InChI is InChI=1S/C16H23N3O/c1-4-6-11-17-13(5-2)15-18-14-10-8-7-9-12(14)16(20)19(15)3/h7-10,13,17H,4-6,11H2,1-3H3. The number of unbranched alkanes of at least 4 members (excludes halogenated alkanes) is 1. The van der Waals surface area contributed by atoms with Crippen LogP contribution in [0, 0.1) is 0 Å². The van der Waals surface area contributed by atoms with Gasteiger partial charge >= 0.3 is 0 Å². The molecule has 0 aliphatic rings. The van der Waals surface area contributed by atoms with Crippen molar-refractivity contribution in [3.05, 3.63) is 40.4 Å². The summed E-state index contributed by atoms with van der Waals surface area (Å²) in [6.07, 6.45) is 3.22. The summed E-state index contributed by atoms with van der Waals surface area (Å²) in [5, 5.41) is 4.18. The van der Waals surface area contributed by atoms with Crippen LogP contribution >= 0.6 is 0 Å². The van der Waals surface area contributed by atoms with Gasteiger partial charge < -0.3 is 5.32 Å². The van der Waals surface area contributed by atoms with Gasteiger partial charge in [-0.15, -0.1) is 0 Å².